The molecule has 3 amide bonds. The number of β-amino-alcohol motifs (C(OH)–C–C–N with tert-alkyl or cyclic N) is 1. The summed E-state index contributed by atoms with van der Waals surface area (Å²) in [5, 5.41) is 31.0. The van der Waals surface area contributed by atoms with Gasteiger partial charge in [-0.05, 0) is 62.1 Å². The van der Waals surface area contributed by atoms with Crippen molar-refractivity contribution < 1.29 is 29.0 Å². The van der Waals surface area contributed by atoms with Crippen molar-refractivity contribution in [3.05, 3.63) is 41.0 Å². The van der Waals surface area contributed by atoms with Crippen LogP contribution in [0.1, 0.15) is 109 Å². The van der Waals surface area contributed by atoms with Crippen molar-refractivity contribution in [2.24, 2.45) is 11.1 Å². The van der Waals surface area contributed by atoms with Crippen molar-refractivity contribution in [1.29, 1.82) is 0 Å². The molecule has 2 heterocycles. The summed E-state index contributed by atoms with van der Waals surface area (Å²) in [5.74, 6) is -1.43. The lowest BCUT2D eigenvalue weighted by atomic mass is 9.84. The summed E-state index contributed by atoms with van der Waals surface area (Å²) in [6.45, 7) is 8.65. The van der Waals surface area contributed by atoms with Crippen LogP contribution in [-0.2, 0) is 14.4 Å². The van der Waals surface area contributed by atoms with Crippen LogP contribution in [0.3, 0.4) is 0 Å². The SMILES string of the molecule is Cc1ncsc1-c1ccc([C@H](CC(=O)NCCCCCCCCCN)NC(=O)[C@@H]2C[C@@H](O)CN2C(O)[C@@H](NC(=O)C2(F)CC2)C(C)(C)C)cc1. The molecule has 50 heavy (non-hydrogen) atoms. The molecule has 11 nitrogen and oxygen atoms in total. The number of hydrogen-bond donors (Lipinski definition) is 6. The molecule has 1 aromatic heterocycles. The number of aliphatic hydroxyl groups excluding tert-OH is 2. The van der Waals surface area contributed by atoms with Gasteiger partial charge in [-0.3, -0.25) is 19.3 Å². The fourth-order valence-electron chi connectivity index (χ4n) is 6.53. The molecule has 1 aliphatic carbocycles. The molecule has 0 spiro atoms. The highest BCUT2D eigenvalue weighted by atomic mass is 32.1. The van der Waals surface area contributed by atoms with Gasteiger partial charge in [0.15, 0.2) is 5.67 Å². The molecule has 5 atom stereocenters. The summed E-state index contributed by atoms with van der Waals surface area (Å²) >= 11 is 1.54. The van der Waals surface area contributed by atoms with Crippen molar-refractivity contribution in [2.45, 2.75) is 134 Å². The van der Waals surface area contributed by atoms with Crippen LogP contribution in [0.5, 0.6) is 0 Å². The van der Waals surface area contributed by atoms with Gasteiger partial charge < -0.3 is 31.9 Å². The van der Waals surface area contributed by atoms with Gasteiger partial charge in [-0.15, -0.1) is 11.3 Å². The van der Waals surface area contributed by atoms with E-state index in [-0.39, 0.29) is 38.1 Å². The highest BCUT2D eigenvalue weighted by Gasteiger charge is 2.53. The third-order valence-corrected chi connectivity index (χ3v) is 10.8. The van der Waals surface area contributed by atoms with Gasteiger partial charge in [-0.2, -0.15) is 0 Å². The lowest BCUT2D eigenvalue weighted by Crippen LogP contribution is -2.61. The fraction of sp³-hybridized carbons (Fsp3) is 0.676. The second-order valence-electron chi connectivity index (χ2n) is 15.1. The number of hydrogen-bond acceptors (Lipinski definition) is 9. The Morgan fingerprint density at radius 1 is 1.06 bits per heavy atom. The topological polar surface area (TPSA) is 170 Å². The molecule has 1 saturated heterocycles. The lowest BCUT2D eigenvalue weighted by molar-refractivity contribution is -0.138. The molecule has 2 aromatic rings. The molecule has 2 aliphatic rings. The largest absolute Gasteiger partial charge is 0.392 e. The van der Waals surface area contributed by atoms with E-state index < -0.39 is 53.4 Å². The second-order valence-corrected chi connectivity index (χ2v) is 15.9. The number of carbonyl (C=O) groups excluding carboxylic acids is 3. The fourth-order valence-corrected chi connectivity index (χ4v) is 7.34. The number of nitrogens with zero attached hydrogens (tertiary/aromatic N) is 2. The number of thiazole rings is 1. The predicted molar refractivity (Wildman–Crippen MR) is 194 cm³/mol. The number of amides is 3. The molecule has 1 aliphatic heterocycles. The van der Waals surface area contributed by atoms with E-state index in [2.05, 4.69) is 20.9 Å². The van der Waals surface area contributed by atoms with Gasteiger partial charge in [0.2, 0.25) is 11.8 Å². The van der Waals surface area contributed by atoms with Crippen molar-refractivity contribution in [1.82, 2.24) is 25.8 Å². The average molecular weight is 717 g/mol. The number of likely N-dealkylation sites (tertiary alicyclic amines) is 1. The summed E-state index contributed by atoms with van der Waals surface area (Å²) in [7, 11) is 0. The van der Waals surface area contributed by atoms with Crippen LogP contribution in [0.2, 0.25) is 0 Å². The van der Waals surface area contributed by atoms with Gasteiger partial charge in [0.25, 0.3) is 5.91 Å². The summed E-state index contributed by atoms with van der Waals surface area (Å²) in [5.41, 5.74) is 7.37. The van der Waals surface area contributed by atoms with Gasteiger partial charge in [0, 0.05) is 13.1 Å². The minimum atomic E-state index is -1.93. The number of carbonyl (C=O) groups is 3. The Bertz CT molecular complexity index is 1410. The first-order chi connectivity index (χ1) is 23.7. The molecule has 0 bridgehead atoms. The molecular weight excluding hydrogens is 660 g/mol. The van der Waals surface area contributed by atoms with Crippen LogP contribution < -0.4 is 21.7 Å². The van der Waals surface area contributed by atoms with Crippen LogP contribution in [-0.4, -0.2) is 87.5 Å². The molecule has 2 fully saturated rings. The Labute approximate surface area is 300 Å². The van der Waals surface area contributed by atoms with Crippen molar-refractivity contribution in [2.75, 3.05) is 19.6 Å². The van der Waals surface area contributed by atoms with Gasteiger partial charge in [-0.25, -0.2) is 9.37 Å². The zero-order valence-corrected chi connectivity index (χ0v) is 30.9. The number of benzene rings is 1. The first kappa shape index (κ1) is 39.8. The van der Waals surface area contributed by atoms with E-state index in [1.54, 1.807) is 5.51 Å². The molecular formula is C37H57FN6O5S. The Morgan fingerprint density at radius 2 is 1.70 bits per heavy atom. The molecule has 1 saturated carbocycles. The smallest absolute Gasteiger partial charge is 0.258 e. The van der Waals surface area contributed by atoms with E-state index in [0.717, 1.165) is 66.8 Å². The van der Waals surface area contributed by atoms with E-state index in [4.69, 9.17) is 5.73 Å². The maximum absolute atomic E-state index is 14.6. The third kappa shape index (κ3) is 11.0. The molecule has 4 rings (SSSR count). The van der Waals surface area contributed by atoms with Crippen LogP contribution in [0.4, 0.5) is 4.39 Å². The van der Waals surface area contributed by atoms with Crippen molar-refractivity contribution >= 4 is 29.1 Å². The number of unbranched alkanes of at least 4 members (excludes halogenated alkanes) is 6. The number of aryl methyl sites for hydroxylation is 1. The van der Waals surface area contributed by atoms with E-state index in [0.29, 0.717) is 6.54 Å². The maximum Gasteiger partial charge on any atom is 0.258 e. The normalized spacial score (nSPS) is 20.6. The van der Waals surface area contributed by atoms with E-state index in [1.807, 2.05) is 52.0 Å². The predicted octanol–water partition coefficient (Wildman–Crippen LogP) is 4.26. The number of aliphatic hydroxyl groups is 2. The van der Waals surface area contributed by atoms with Crippen molar-refractivity contribution in [3.63, 3.8) is 0 Å². The number of aromatic nitrogens is 1. The van der Waals surface area contributed by atoms with Gasteiger partial charge in [0.05, 0.1) is 46.7 Å². The molecule has 1 unspecified atom stereocenters. The average Bonchev–Trinajstić information content (AvgIpc) is 3.48. The van der Waals surface area contributed by atoms with Crippen molar-refractivity contribution in [3.8, 4) is 10.4 Å². The Morgan fingerprint density at radius 3 is 2.28 bits per heavy atom. The quantitative estimate of drug-likeness (QED) is 0.117. The minimum absolute atomic E-state index is 0.000837. The summed E-state index contributed by atoms with van der Waals surface area (Å²) in [4.78, 5) is 46.7. The zero-order valence-electron chi connectivity index (χ0n) is 30.1. The first-order valence-electron chi connectivity index (χ1n) is 18.1. The molecule has 7 N–H and O–H groups in total. The molecule has 0 radical (unpaired) electrons. The molecule has 278 valence electrons. The second kappa shape index (κ2) is 18.0. The van der Waals surface area contributed by atoms with E-state index in [9.17, 15) is 29.0 Å². The number of alkyl halides is 1. The molecule has 1 aromatic carbocycles. The monoisotopic (exact) mass is 716 g/mol. The Hall–Kier alpha value is -2.97. The van der Waals surface area contributed by atoms with Gasteiger partial charge in [-0.1, -0.05) is 77.1 Å². The standard InChI is InChI=1S/C37H57FN6O5S/c1-24-31(50-23-41-24)26-14-12-25(13-15-26)28(21-30(46)40-19-11-9-7-5-6-8-10-18-39)42-33(47)29-20-27(45)22-44(29)34(48)32(36(2,3)4)43-35(49)37(38)16-17-37/h12-15,23,27-29,32,34,45,48H,5-11,16-22,39H2,1-4H3,(H,40,46)(H,42,47)(H,43,49)/t27-,28+,29+,32-,34?/m1/s1. The van der Waals surface area contributed by atoms with Crippen LogP contribution in [0, 0.1) is 12.3 Å². The molecule has 13 heteroatoms. The minimum Gasteiger partial charge on any atom is -0.392 e. The third-order valence-electron chi connectivity index (χ3n) is 9.80. The highest BCUT2D eigenvalue weighted by molar-refractivity contribution is 7.13. The lowest BCUT2D eigenvalue weighted by Gasteiger charge is -2.41. The van der Waals surface area contributed by atoms with Gasteiger partial charge in [0.1, 0.15) is 6.23 Å². The van der Waals surface area contributed by atoms with Crippen LogP contribution in [0.25, 0.3) is 10.4 Å². The van der Waals surface area contributed by atoms with E-state index in [1.165, 1.54) is 22.7 Å². The van der Waals surface area contributed by atoms with Crippen LogP contribution >= 0.6 is 11.3 Å². The Balaban J connectivity index is 1.45. The summed E-state index contributed by atoms with van der Waals surface area (Å²) in [6.07, 6.45) is 5.55. The van der Waals surface area contributed by atoms with Gasteiger partial charge >= 0.3 is 0 Å². The van der Waals surface area contributed by atoms with E-state index >= 15 is 0 Å². The summed E-state index contributed by atoms with van der Waals surface area (Å²) in [6, 6.07) is 5.13. The highest BCUT2D eigenvalue weighted by Crippen LogP contribution is 2.41. The zero-order chi connectivity index (χ0) is 36.5. The Kier molecular flexibility index (Phi) is 14.3. The summed E-state index contributed by atoms with van der Waals surface area (Å²) < 4.78 is 14.6. The number of nitrogens with one attached hydrogen (secondary N) is 3. The maximum atomic E-state index is 14.6. The number of halogens is 1. The number of rotatable bonds is 19. The first-order valence-corrected chi connectivity index (χ1v) is 19.0. The number of nitrogens with two attached hydrogens (primary N) is 1. The van der Waals surface area contributed by atoms with Crippen LogP contribution in [0.15, 0.2) is 29.8 Å².